The minimum absolute atomic E-state index is 0.0362. The molecule has 4 nitrogen and oxygen atoms in total. The molecule has 6 heteroatoms. The first-order valence-corrected chi connectivity index (χ1v) is 5.88. The lowest BCUT2D eigenvalue weighted by Gasteiger charge is -2.17. The Hall–Kier alpha value is -1.82. The Labute approximate surface area is 109 Å². The van der Waals surface area contributed by atoms with Crippen LogP contribution in [0.15, 0.2) is 12.1 Å². The largest absolute Gasteiger partial charge is 0.377 e. The SMILES string of the molecule is CC(C)OCCN1C(=O)C(=O)c2cc(F)cc(F)c21. The Morgan fingerprint density at radius 3 is 2.58 bits per heavy atom. The molecule has 0 bridgehead atoms. The molecule has 1 aromatic carbocycles. The Balaban J connectivity index is 2.28. The van der Waals surface area contributed by atoms with Crippen LogP contribution >= 0.6 is 0 Å². The molecule has 19 heavy (non-hydrogen) atoms. The maximum absolute atomic E-state index is 13.7. The molecule has 0 unspecified atom stereocenters. The third kappa shape index (κ3) is 2.49. The molecule has 0 fully saturated rings. The summed E-state index contributed by atoms with van der Waals surface area (Å²) in [6, 6.07) is 1.53. The van der Waals surface area contributed by atoms with E-state index >= 15 is 0 Å². The molecule has 0 N–H and O–H groups in total. The molecule has 1 amide bonds. The summed E-state index contributed by atoms with van der Waals surface area (Å²) >= 11 is 0. The number of amides is 1. The van der Waals surface area contributed by atoms with Gasteiger partial charge in [-0.25, -0.2) is 8.78 Å². The van der Waals surface area contributed by atoms with Crippen molar-refractivity contribution in [1.29, 1.82) is 0 Å². The van der Waals surface area contributed by atoms with Crippen molar-refractivity contribution >= 4 is 17.4 Å². The first-order chi connectivity index (χ1) is 8.91. The predicted molar refractivity (Wildman–Crippen MR) is 64.1 cm³/mol. The highest BCUT2D eigenvalue weighted by Crippen LogP contribution is 2.32. The maximum atomic E-state index is 13.7. The summed E-state index contributed by atoms with van der Waals surface area (Å²) in [4.78, 5) is 24.4. The second-order valence-electron chi connectivity index (χ2n) is 4.49. The van der Waals surface area contributed by atoms with Gasteiger partial charge in [-0.05, 0) is 19.9 Å². The number of hydrogen-bond acceptors (Lipinski definition) is 3. The van der Waals surface area contributed by atoms with Gasteiger partial charge in [-0.15, -0.1) is 0 Å². The van der Waals surface area contributed by atoms with Gasteiger partial charge in [-0.2, -0.15) is 0 Å². The molecule has 1 aliphatic heterocycles. The van der Waals surface area contributed by atoms with Crippen molar-refractivity contribution in [3.8, 4) is 0 Å². The minimum Gasteiger partial charge on any atom is -0.377 e. The topological polar surface area (TPSA) is 46.6 Å². The molecule has 0 saturated heterocycles. The van der Waals surface area contributed by atoms with Crippen LogP contribution in [0.2, 0.25) is 0 Å². The zero-order valence-corrected chi connectivity index (χ0v) is 10.6. The third-order valence-electron chi connectivity index (χ3n) is 2.75. The van der Waals surface area contributed by atoms with Gasteiger partial charge >= 0.3 is 0 Å². The van der Waals surface area contributed by atoms with Gasteiger partial charge in [0.05, 0.1) is 24.0 Å². The van der Waals surface area contributed by atoms with Crippen molar-refractivity contribution in [2.24, 2.45) is 0 Å². The van der Waals surface area contributed by atoms with Gasteiger partial charge in [0, 0.05) is 12.6 Å². The van der Waals surface area contributed by atoms with E-state index in [2.05, 4.69) is 0 Å². The molecule has 0 aromatic heterocycles. The number of benzene rings is 1. The van der Waals surface area contributed by atoms with E-state index in [0.29, 0.717) is 6.07 Å². The summed E-state index contributed by atoms with van der Waals surface area (Å²) in [5, 5.41) is 0. The van der Waals surface area contributed by atoms with Crippen LogP contribution < -0.4 is 4.90 Å². The first-order valence-electron chi connectivity index (χ1n) is 5.88. The van der Waals surface area contributed by atoms with Gasteiger partial charge < -0.3 is 4.74 Å². The van der Waals surface area contributed by atoms with Crippen LogP contribution in [-0.2, 0) is 9.53 Å². The molecule has 1 aromatic rings. The number of carbonyl (C=O) groups excluding carboxylic acids is 2. The molecular formula is C13H13F2NO3. The van der Waals surface area contributed by atoms with Gasteiger partial charge in [-0.1, -0.05) is 0 Å². The standard InChI is InChI=1S/C13H13F2NO3/c1-7(2)19-4-3-16-11-9(12(17)13(16)18)5-8(14)6-10(11)15/h5-7H,3-4H2,1-2H3. The summed E-state index contributed by atoms with van der Waals surface area (Å²) in [6.07, 6.45) is -0.0362. The van der Waals surface area contributed by atoms with Crippen molar-refractivity contribution in [2.45, 2.75) is 20.0 Å². The quantitative estimate of drug-likeness (QED) is 0.784. The molecular weight excluding hydrogens is 256 g/mol. The fraction of sp³-hybridized carbons (Fsp3) is 0.385. The summed E-state index contributed by atoms with van der Waals surface area (Å²) < 4.78 is 32.0. The Morgan fingerprint density at radius 2 is 1.95 bits per heavy atom. The number of rotatable bonds is 4. The van der Waals surface area contributed by atoms with Crippen molar-refractivity contribution in [3.05, 3.63) is 29.3 Å². The minimum atomic E-state index is -0.918. The van der Waals surface area contributed by atoms with E-state index in [0.717, 1.165) is 11.0 Å². The van der Waals surface area contributed by atoms with E-state index in [1.54, 1.807) is 0 Å². The van der Waals surface area contributed by atoms with E-state index in [-0.39, 0.29) is 30.5 Å². The van der Waals surface area contributed by atoms with Gasteiger partial charge in [0.2, 0.25) is 0 Å². The highest BCUT2D eigenvalue weighted by Gasteiger charge is 2.38. The Kier molecular flexibility index (Phi) is 3.61. The number of fused-ring (bicyclic) bond motifs is 1. The molecule has 0 atom stereocenters. The number of halogens is 2. The van der Waals surface area contributed by atoms with Gasteiger partial charge in [0.25, 0.3) is 11.7 Å². The molecule has 102 valence electrons. The van der Waals surface area contributed by atoms with Crippen molar-refractivity contribution < 1.29 is 23.1 Å². The monoisotopic (exact) mass is 269 g/mol. The van der Waals surface area contributed by atoms with Crippen molar-refractivity contribution in [3.63, 3.8) is 0 Å². The molecule has 0 radical (unpaired) electrons. The fourth-order valence-electron chi connectivity index (χ4n) is 1.95. The molecule has 2 rings (SSSR count). The number of carbonyl (C=O) groups is 2. The highest BCUT2D eigenvalue weighted by atomic mass is 19.1. The number of ether oxygens (including phenoxy) is 1. The Bertz CT molecular complexity index is 543. The highest BCUT2D eigenvalue weighted by molar-refractivity contribution is 6.52. The Morgan fingerprint density at radius 1 is 1.26 bits per heavy atom. The van der Waals surface area contributed by atoms with Gasteiger partial charge in [0.1, 0.15) is 5.82 Å². The molecule has 1 heterocycles. The summed E-state index contributed by atoms with van der Waals surface area (Å²) in [7, 11) is 0. The second kappa shape index (κ2) is 5.05. The fourth-order valence-corrected chi connectivity index (χ4v) is 1.95. The molecule has 0 spiro atoms. The van der Waals surface area contributed by atoms with E-state index < -0.39 is 23.3 Å². The normalized spacial score (nSPS) is 14.5. The summed E-state index contributed by atoms with van der Waals surface area (Å²) in [5.74, 6) is -3.54. The van der Waals surface area contributed by atoms with Crippen molar-refractivity contribution in [1.82, 2.24) is 0 Å². The van der Waals surface area contributed by atoms with Crippen LogP contribution in [-0.4, -0.2) is 30.9 Å². The number of Topliss-reactive ketones (excluding diaryl/α,β-unsaturated/α-hetero) is 1. The van der Waals surface area contributed by atoms with E-state index in [1.165, 1.54) is 0 Å². The number of ketones is 1. The summed E-state index contributed by atoms with van der Waals surface area (Å²) in [5.41, 5.74) is -0.393. The lowest BCUT2D eigenvalue weighted by molar-refractivity contribution is -0.114. The van der Waals surface area contributed by atoms with Crippen LogP contribution in [0.25, 0.3) is 0 Å². The number of nitrogens with zero attached hydrogens (tertiary/aromatic N) is 1. The molecule has 0 aliphatic carbocycles. The van der Waals surface area contributed by atoms with E-state index in [1.807, 2.05) is 13.8 Å². The zero-order valence-electron chi connectivity index (χ0n) is 10.6. The van der Waals surface area contributed by atoms with E-state index in [9.17, 15) is 18.4 Å². The average molecular weight is 269 g/mol. The lowest BCUT2D eigenvalue weighted by Crippen LogP contribution is -2.33. The average Bonchev–Trinajstić information content (AvgIpc) is 2.54. The number of hydrogen-bond donors (Lipinski definition) is 0. The van der Waals surface area contributed by atoms with Crippen LogP contribution in [0.5, 0.6) is 0 Å². The summed E-state index contributed by atoms with van der Waals surface area (Å²) in [6.45, 7) is 3.87. The zero-order chi connectivity index (χ0) is 14.2. The predicted octanol–water partition coefficient (Wildman–Crippen LogP) is 1.92. The maximum Gasteiger partial charge on any atom is 0.299 e. The smallest absolute Gasteiger partial charge is 0.299 e. The second-order valence-corrected chi connectivity index (χ2v) is 4.49. The van der Waals surface area contributed by atoms with Crippen LogP contribution in [0.1, 0.15) is 24.2 Å². The van der Waals surface area contributed by atoms with E-state index in [4.69, 9.17) is 4.74 Å². The van der Waals surface area contributed by atoms with Crippen LogP contribution in [0.3, 0.4) is 0 Å². The van der Waals surface area contributed by atoms with Crippen LogP contribution in [0, 0.1) is 11.6 Å². The number of anilines is 1. The molecule has 0 saturated carbocycles. The van der Waals surface area contributed by atoms with Gasteiger partial charge in [0.15, 0.2) is 5.82 Å². The first kappa shape index (κ1) is 13.6. The van der Waals surface area contributed by atoms with Crippen LogP contribution in [0.4, 0.5) is 14.5 Å². The lowest BCUT2D eigenvalue weighted by atomic mass is 10.1. The molecule has 1 aliphatic rings. The van der Waals surface area contributed by atoms with Crippen molar-refractivity contribution in [2.75, 3.05) is 18.1 Å². The van der Waals surface area contributed by atoms with Gasteiger partial charge in [-0.3, -0.25) is 14.5 Å². The third-order valence-corrected chi connectivity index (χ3v) is 2.75.